The lowest BCUT2D eigenvalue weighted by Gasteiger charge is -2.39. The minimum absolute atomic E-state index is 0.126. The van der Waals surface area contributed by atoms with Crippen LogP contribution in [0, 0.1) is 12.9 Å². The molecule has 4 heterocycles. The number of carbonyl (C=O) groups excluding carboxylic acids is 1. The number of aryl methyl sites for hydroxylation is 1. The highest BCUT2D eigenvalue weighted by molar-refractivity contribution is 5.97. The predicted octanol–water partition coefficient (Wildman–Crippen LogP) is 4.28. The fraction of sp³-hybridized carbons (Fsp3) is 0.367. The molecular weight excluding hydrogens is 557 g/mol. The molecule has 5 rings (SSSR count). The van der Waals surface area contributed by atoms with Gasteiger partial charge in [-0.05, 0) is 51.5 Å². The van der Waals surface area contributed by atoms with Crippen molar-refractivity contribution in [1.29, 1.82) is 0 Å². The molecular formula is C30H34FN7O5. The summed E-state index contributed by atoms with van der Waals surface area (Å²) in [5, 5.41) is 12.7. The Morgan fingerprint density at radius 2 is 1.93 bits per heavy atom. The maximum absolute atomic E-state index is 14.1. The number of halogens is 1. The number of para-hydroxylation sites is 1. The number of anilines is 5. The van der Waals surface area contributed by atoms with Gasteiger partial charge >= 0.3 is 6.09 Å². The van der Waals surface area contributed by atoms with E-state index in [9.17, 15) is 14.0 Å². The third-order valence-electron chi connectivity index (χ3n) is 6.71. The van der Waals surface area contributed by atoms with Gasteiger partial charge in [-0.2, -0.15) is 9.37 Å². The van der Waals surface area contributed by atoms with E-state index in [1.807, 2.05) is 50.8 Å². The predicted molar refractivity (Wildman–Crippen MR) is 161 cm³/mol. The topological polar surface area (TPSA) is 135 Å². The fourth-order valence-corrected chi connectivity index (χ4v) is 4.93. The van der Waals surface area contributed by atoms with Crippen molar-refractivity contribution >= 4 is 45.8 Å². The van der Waals surface area contributed by atoms with E-state index in [1.54, 1.807) is 23.2 Å². The lowest BCUT2D eigenvalue weighted by molar-refractivity contribution is 0.0580. The van der Waals surface area contributed by atoms with Crippen molar-refractivity contribution in [1.82, 2.24) is 19.5 Å². The zero-order valence-corrected chi connectivity index (χ0v) is 24.5. The number of rotatable bonds is 8. The fourth-order valence-electron chi connectivity index (χ4n) is 4.93. The van der Waals surface area contributed by atoms with Gasteiger partial charge in [0.15, 0.2) is 0 Å². The number of hydrogen-bond acceptors (Lipinski definition) is 10. The number of aliphatic hydroxyl groups excluding tert-OH is 1. The van der Waals surface area contributed by atoms with Crippen LogP contribution in [0.4, 0.5) is 37.9 Å². The van der Waals surface area contributed by atoms with Crippen LogP contribution in [0.3, 0.4) is 0 Å². The molecule has 12 nitrogen and oxygen atoms in total. The van der Waals surface area contributed by atoms with Crippen molar-refractivity contribution in [2.24, 2.45) is 0 Å². The van der Waals surface area contributed by atoms with Crippen LogP contribution in [-0.4, -0.2) is 69.2 Å². The third kappa shape index (κ3) is 6.57. The standard InChI is InChI=1S/C30H34FN7O5/c1-19-6-5-7-22-25(19)37(29(41)43-30(2,3)4)11-10-36(22)23-16-20-18-33-28(34-21-8-9-32-24(31)17-21)35-26(20)38(27(23)40)12-14-42-15-13-39/h5-9,16-18,39H,10-15H2,1-4H3,(H,32,33,34,35). The SMILES string of the molecule is Cc1cccc2c1N(C(=O)OC(C)(C)C)CCN2c1cc2cnc(Nc3ccnc(F)c3)nc2n(CCOCCO)c1=O. The van der Waals surface area contributed by atoms with Gasteiger partial charge in [-0.15, -0.1) is 0 Å². The Kier molecular flexibility index (Phi) is 8.55. The highest BCUT2D eigenvalue weighted by Crippen LogP contribution is 2.40. The molecule has 226 valence electrons. The van der Waals surface area contributed by atoms with Crippen LogP contribution in [0.15, 0.2) is 53.6 Å². The summed E-state index contributed by atoms with van der Waals surface area (Å²) in [5.74, 6) is -0.488. The van der Waals surface area contributed by atoms with E-state index in [1.165, 1.54) is 16.8 Å². The van der Waals surface area contributed by atoms with Crippen molar-refractivity contribution < 1.29 is 23.8 Å². The molecule has 0 atom stereocenters. The van der Waals surface area contributed by atoms with E-state index < -0.39 is 17.6 Å². The molecule has 2 N–H and O–H groups in total. The summed E-state index contributed by atoms with van der Waals surface area (Å²) in [6.07, 6.45) is 2.45. The van der Waals surface area contributed by atoms with E-state index in [-0.39, 0.29) is 37.9 Å². The van der Waals surface area contributed by atoms with Crippen LogP contribution in [0.1, 0.15) is 26.3 Å². The van der Waals surface area contributed by atoms with Gasteiger partial charge in [0.25, 0.3) is 5.56 Å². The molecule has 1 amide bonds. The van der Waals surface area contributed by atoms with Crippen LogP contribution >= 0.6 is 0 Å². The molecule has 0 spiro atoms. The number of pyridine rings is 2. The molecule has 0 unspecified atom stereocenters. The lowest BCUT2D eigenvalue weighted by atomic mass is 10.1. The minimum Gasteiger partial charge on any atom is -0.443 e. The van der Waals surface area contributed by atoms with Gasteiger partial charge in [-0.3, -0.25) is 14.3 Å². The smallest absolute Gasteiger partial charge is 0.414 e. The van der Waals surface area contributed by atoms with Crippen molar-refractivity contribution in [2.75, 3.05) is 48.0 Å². The average molecular weight is 592 g/mol. The van der Waals surface area contributed by atoms with Crippen molar-refractivity contribution in [2.45, 2.75) is 39.8 Å². The first-order valence-electron chi connectivity index (χ1n) is 13.9. The van der Waals surface area contributed by atoms with Gasteiger partial charge in [0.2, 0.25) is 11.9 Å². The highest BCUT2D eigenvalue weighted by Gasteiger charge is 2.33. The number of ether oxygens (including phenoxy) is 2. The molecule has 3 aromatic heterocycles. The third-order valence-corrected chi connectivity index (χ3v) is 6.71. The van der Waals surface area contributed by atoms with E-state index in [0.717, 1.165) is 5.56 Å². The Morgan fingerprint density at radius 3 is 2.67 bits per heavy atom. The molecule has 0 radical (unpaired) electrons. The molecule has 4 aromatic rings. The zero-order valence-electron chi connectivity index (χ0n) is 24.5. The first-order chi connectivity index (χ1) is 20.6. The second-order valence-electron chi connectivity index (χ2n) is 11.0. The van der Waals surface area contributed by atoms with Crippen molar-refractivity contribution in [3.05, 3.63) is 70.7 Å². The van der Waals surface area contributed by atoms with E-state index >= 15 is 0 Å². The number of nitrogens with one attached hydrogen (secondary N) is 1. The highest BCUT2D eigenvalue weighted by atomic mass is 19.1. The molecule has 0 fully saturated rings. The number of benzene rings is 1. The van der Waals surface area contributed by atoms with Gasteiger partial charge in [0.1, 0.15) is 16.9 Å². The molecule has 0 bridgehead atoms. The Bertz CT molecular complexity index is 1710. The summed E-state index contributed by atoms with van der Waals surface area (Å²) < 4.78 is 26.3. The molecule has 1 aliphatic rings. The number of carbonyl (C=O) groups is 1. The largest absolute Gasteiger partial charge is 0.443 e. The summed E-state index contributed by atoms with van der Waals surface area (Å²) in [4.78, 5) is 43.3. The van der Waals surface area contributed by atoms with E-state index in [4.69, 9.17) is 14.6 Å². The quantitative estimate of drug-likeness (QED) is 0.226. The number of aromatic nitrogens is 4. The van der Waals surface area contributed by atoms with Gasteiger partial charge in [-0.25, -0.2) is 14.8 Å². The minimum atomic E-state index is -0.666. The second-order valence-corrected chi connectivity index (χ2v) is 11.0. The van der Waals surface area contributed by atoms with Gasteiger partial charge in [0.05, 0.1) is 37.7 Å². The molecule has 0 saturated heterocycles. The normalized spacial score (nSPS) is 13.3. The molecule has 1 aromatic carbocycles. The lowest BCUT2D eigenvalue weighted by Crippen LogP contribution is -2.46. The Morgan fingerprint density at radius 1 is 1.12 bits per heavy atom. The molecule has 0 aliphatic carbocycles. The van der Waals surface area contributed by atoms with E-state index in [2.05, 4.69) is 20.3 Å². The van der Waals surface area contributed by atoms with Gasteiger partial charge in [-0.1, -0.05) is 12.1 Å². The number of nitrogens with zero attached hydrogens (tertiary/aromatic N) is 6. The first-order valence-corrected chi connectivity index (χ1v) is 13.9. The summed E-state index contributed by atoms with van der Waals surface area (Å²) in [5.41, 5.74) is 2.36. The Labute approximate surface area is 247 Å². The summed E-state index contributed by atoms with van der Waals surface area (Å²) >= 11 is 0. The van der Waals surface area contributed by atoms with Crippen LogP contribution in [0.2, 0.25) is 0 Å². The van der Waals surface area contributed by atoms with Crippen molar-refractivity contribution in [3.63, 3.8) is 0 Å². The monoisotopic (exact) mass is 591 g/mol. The Balaban J connectivity index is 1.58. The zero-order chi connectivity index (χ0) is 30.7. The Hall–Kier alpha value is -4.62. The maximum atomic E-state index is 14.1. The molecule has 43 heavy (non-hydrogen) atoms. The number of fused-ring (bicyclic) bond motifs is 2. The summed E-state index contributed by atoms with van der Waals surface area (Å²) in [6.45, 7) is 8.30. The molecule has 1 aliphatic heterocycles. The average Bonchev–Trinajstić information content (AvgIpc) is 2.95. The van der Waals surface area contributed by atoms with Gasteiger partial charge in [0, 0.05) is 42.6 Å². The number of aliphatic hydroxyl groups is 1. The molecule has 13 heteroatoms. The van der Waals surface area contributed by atoms with Crippen LogP contribution < -0.4 is 20.7 Å². The van der Waals surface area contributed by atoms with Crippen LogP contribution in [0.5, 0.6) is 0 Å². The van der Waals surface area contributed by atoms with Crippen molar-refractivity contribution in [3.8, 4) is 0 Å². The number of hydrogen-bond donors (Lipinski definition) is 2. The first kappa shape index (κ1) is 29.9. The van der Waals surface area contributed by atoms with Crippen LogP contribution in [0.25, 0.3) is 11.0 Å². The summed E-state index contributed by atoms with van der Waals surface area (Å²) in [6, 6.07) is 10.2. The maximum Gasteiger partial charge on any atom is 0.414 e. The second kappa shape index (κ2) is 12.3. The molecule has 0 saturated carbocycles. The number of amides is 1. The van der Waals surface area contributed by atoms with Crippen LogP contribution in [-0.2, 0) is 16.0 Å². The van der Waals surface area contributed by atoms with Gasteiger partial charge < -0.3 is 24.8 Å². The summed E-state index contributed by atoms with van der Waals surface area (Å²) in [7, 11) is 0. The van der Waals surface area contributed by atoms with E-state index in [0.29, 0.717) is 46.9 Å².